The summed E-state index contributed by atoms with van der Waals surface area (Å²) in [4.78, 5) is 28.5. The highest BCUT2D eigenvalue weighted by molar-refractivity contribution is 6.35. The molecule has 1 unspecified atom stereocenters. The molecule has 3 rings (SSSR count). The zero-order chi connectivity index (χ0) is 21.3. The van der Waals surface area contributed by atoms with E-state index in [1.165, 1.54) is 12.1 Å². The summed E-state index contributed by atoms with van der Waals surface area (Å²) in [6, 6.07) is 10.0. The van der Waals surface area contributed by atoms with Crippen molar-refractivity contribution in [3.05, 3.63) is 54.2 Å². The van der Waals surface area contributed by atoms with Gasteiger partial charge in [-0.05, 0) is 42.8 Å². The molecule has 1 aliphatic heterocycles. The summed E-state index contributed by atoms with van der Waals surface area (Å²) in [6.07, 6.45) is 3.40. The number of amides is 2. The molecule has 0 spiro atoms. The Balaban J connectivity index is 1.56. The number of carbonyl (C=O) groups excluding carboxylic acids is 2. The monoisotopic (exact) mass is 416 g/mol. The number of nitrogens with one attached hydrogen (secondary N) is 2. The summed E-state index contributed by atoms with van der Waals surface area (Å²) in [7, 11) is 0. The Morgan fingerprint density at radius 1 is 1.07 bits per heavy atom. The van der Waals surface area contributed by atoms with E-state index < -0.39 is 11.8 Å². The molecule has 8 heteroatoms. The van der Waals surface area contributed by atoms with Crippen LogP contribution in [0.4, 0.5) is 10.1 Å². The maximum Gasteiger partial charge on any atom is 0.309 e. The highest BCUT2D eigenvalue weighted by Gasteiger charge is 2.28. The lowest BCUT2D eigenvalue weighted by molar-refractivity contribution is -0.139. The van der Waals surface area contributed by atoms with Crippen molar-refractivity contribution in [3.63, 3.8) is 0 Å². The molecule has 30 heavy (non-hydrogen) atoms. The molecule has 2 N–H and O–H groups in total. The Labute approximate surface area is 176 Å². The second kappa shape index (κ2) is 10.8. The number of unbranched alkanes of at least 4 members (excludes halogenated alkanes) is 1. The molecule has 2 aromatic rings. The zero-order valence-corrected chi connectivity index (χ0v) is 17.3. The summed E-state index contributed by atoms with van der Waals surface area (Å²) in [5.41, 5.74) is 0.989. The van der Waals surface area contributed by atoms with Gasteiger partial charge in [0, 0.05) is 45.0 Å². The fourth-order valence-corrected chi connectivity index (χ4v) is 3.56. The predicted octanol–water partition coefficient (Wildman–Crippen LogP) is 2.31. The fraction of sp³-hybridized carbons (Fsp3) is 0.455. The number of anilines is 1. The zero-order valence-electron chi connectivity index (χ0n) is 17.3. The number of piperazine rings is 1. The molecule has 2 heterocycles. The molecule has 1 aromatic carbocycles. The van der Waals surface area contributed by atoms with Gasteiger partial charge < -0.3 is 20.0 Å². The third-order valence-corrected chi connectivity index (χ3v) is 5.30. The smallest absolute Gasteiger partial charge is 0.309 e. The SMILES string of the molecule is CCCCNC(=O)C(=O)NCC(c1ccco1)N1CCN(c2ccc(F)cc2)CC1. The van der Waals surface area contributed by atoms with Crippen molar-refractivity contribution < 1.29 is 18.4 Å². The van der Waals surface area contributed by atoms with E-state index in [9.17, 15) is 14.0 Å². The highest BCUT2D eigenvalue weighted by Crippen LogP contribution is 2.24. The molecular weight excluding hydrogens is 387 g/mol. The first kappa shape index (κ1) is 21.8. The van der Waals surface area contributed by atoms with Gasteiger partial charge in [-0.3, -0.25) is 14.5 Å². The minimum absolute atomic E-state index is 0.164. The Kier molecular flexibility index (Phi) is 7.84. The van der Waals surface area contributed by atoms with E-state index in [1.807, 2.05) is 19.1 Å². The van der Waals surface area contributed by atoms with E-state index in [-0.39, 0.29) is 18.4 Å². The summed E-state index contributed by atoms with van der Waals surface area (Å²) in [5, 5.41) is 5.36. The molecule has 2 amide bonds. The molecule has 0 radical (unpaired) electrons. The van der Waals surface area contributed by atoms with Gasteiger partial charge in [-0.1, -0.05) is 13.3 Å². The Morgan fingerprint density at radius 2 is 1.77 bits per heavy atom. The van der Waals surface area contributed by atoms with Crippen LogP contribution in [0.1, 0.15) is 31.6 Å². The Morgan fingerprint density at radius 3 is 2.40 bits per heavy atom. The molecule has 1 saturated heterocycles. The van der Waals surface area contributed by atoms with Crippen LogP contribution in [0.5, 0.6) is 0 Å². The molecule has 162 valence electrons. The van der Waals surface area contributed by atoms with Gasteiger partial charge in [-0.15, -0.1) is 0 Å². The van der Waals surface area contributed by atoms with Crippen LogP contribution >= 0.6 is 0 Å². The molecule has 1 atom stereocenters. The molecule has 1 aromatic heterocycles. The van der Waals surface area contributed by atoms with Crippen LogP contribution in [0.15, 0.2) is 47.1 Å². The van der Waals surface area contributed by atoms with E-state index in [0.717, 1.165) is 50.5 Å². The van der Waals surface area contributed by atoms with Gasteiger partial charge in [0.25, 0.3) is 0 Å². The summed E-state index contributed by atoms with van der Waals surface area (Å²) in [6.45, 7) is 5.85. The molecule has 7 nitrogen and oxygen atoms in total. The summed E-state index contributed by atoms with van der Waals surface area (Å²) in [5.74, 6) is -0.739. The number of benzene rings is 1. The molecular formula is C22H29FN4O3. The first-order chi connectivity index (χ1) is 14.6. The molecule has 0 aliphatic carbocycles. The topological polar surface area (TPSA) is 77.8 Å². The maximum absolute atomic E-state index is 13.2. The fourth-order valence-electron chi connectivity index (χ4n) is 3.56. The lowest BCUT2D eigenvalue weighted by Crippen LogP contribution is -2.50. The van der Waals surface area contributed by atoms with E-state index >= 15 is 0 Å². The Bertz CT molecular complexity index is 802. The van der Waals surface area contributed by atoms with E-state index in [2.05, 4.69) is 20.4 Å². The highest BCUT2D eigenvalue weighted by atomic mass is 19.1. The first-order valence-electron chi connectivity index (χ1n) is 10.4. The van der Waals surface area contributed by atoms with Crippen LogP contribution in [-0.4, -0.2) is 56.0 Å². The number of carbonyl (C=O) groups is 2. The van der Waals surface area contributed by atoms with Crippen molar-refractivity contribution in [1.29, 1.82) is 0 Å². The lowest BCUT2D eigenvalue weighted by Gasteiger charge is -2.39. The molecule has 1 fully saturated rings. The van der Waals surface area contributed by atoms with Crippen LogP contribution in [-0.2, 0) is 9.59 Å². The van der Waals surface area contributed by atoms with Crippen molar-refractivity contribution in [2.75, 3.05) is 44.2 Å². The Hall–Kier alpha value is -2.87. The minimum Gasteiger partial charge on any atom is -0.468 e. The maximum atomic E-state index is 13.2. The third kappa shape index (κ3) is 5.82. The number of nitrogens with zero attached hydrogens (tertiary/aromatic N) is 2. The van der Waals surface area contributed by atoms with Crippen molar-refractivity contribution in [2.24, 2.45) is 0 Å². The van der Waals surface area contributed by atoms with Gasteiger partial charge in [0.2, 0.25) is 0 Å². The first-order valence-corrected chi connectivity index (χ1v) is 10.4. The third-order valence-electron chi connectivity index (χ3n) is 5.30. The number of furan rings is 1. The van der Waals surface area contributed by atoms with E-state index in [1.54, 1.807) is 18.4 Å². The van der Waals surface area contributed by atoms with Crippen molar-refractivity contribution in [3.8, 4) is 0 Å². The van der Waals surface area contributed by atoms with Gasteiger partial charge in [-0.25, -0.2) is 4.39 Å². The number of hydrogen-bond donors (Lipinski definition) is 2. The van der Waals surface area contributed by atoms with Crippen molar-refractivity contribution >= 4 is 17.5 Å². The van der Waals surface area contributed by atoms with Crippen LogP contribution in [0, 0.1) is 5.82 Å². The number of hydrogen-bond acceptors (Lipinski definition) is 5. The number of rotatable bonds is 8. The van der Waals surface area contributed by atoms with Gasteiger partial charge >= 0.3 is 11.8 Å². The normalized spacial score (nSPS) is 15.6. The summed E-state index contributed by atoms with van der Waals surface area (Å²) < 4.78 is 18.8. The largest absolute Gasteiger partial charge is 0.468 e. The standard InChI is InChI=1S/C22H29FN4O3/c1-2-3-10-24-21(28)22(29)25-16-19(20-5-4-15-30-20)27-13-11-26(12-14-27)18-8-6-17(23)7-9-18/h4-9,15,19H,2-3,10-14,16H2,1H3,(H,24,28)(H,25,29). The van der Waals surface area contributed by atoms with Gasteiger partial charge in [0.05, 0.1) is 12.3 Å². The van der Waals surface area contributed by atoms with Crippen LogP contribution in [0.3, 0.4) is 0 Å². The van der Waals surface area contributed by atoms with E-state index in [0.29, 0.717) is 6.54 Å². The lowest BCUT2D eigenvalue weighted by atomic mass is 10.1. The van der Waals surface area contributed by atoms with E-state index in [4.69, 9.17) is 4.42 Å². The molecule has 0 saturated carbocycles. The molecule has 0 bridgehead atoms. The van der Waals surface area contributed by atoms with Gasteiger partial charge in [0.15, 0.2) is 0 Å². The van der Waals surface area contributed by atoms with Gasteiger partial charge in [0.1, 0.15) is 11.6 Å². The van der Waals surface area contributed by atoms with Crippen molar-refractivity contribution in [2.45, 2.75) is 25.8 Å². The van der Waals surface area contributed by atoms with Crippen LogP contribution in [0.2, 0.25) is 0 Å². The van der Waals surface area contributed by atoms with Crippen molar-refractivity contribution in [1.82, 2.24) is 15.5 Å². The van der Waals surface area contributed by atoms with Crippen LogP contribution in [0.25, 0.3) is 0 Å². The second-order valence-electron chi connectivity index (χ2n) is 7.35. The number of halogens is 1. The molecule has 1 aliphatic rings. The quantitative estimate of drug-likeness (QED) is 0.510. The average molecular weight is 416 g/mol. The average Bonchev–Trinajstić information content (AvgIpc) is 3.29. The van der Waals surface area contributed by atoms with Crippen LogP contribution < -0.4 is 15.5 Å². The minimum atomic E-state index is -0.632. The summed E-state index contributed by atoms with van der Waals surface area (Å²) >= 11 is 0. The predicted molar refractivity (Wildman–Crippen MR) is 113 cm³/mol. The second-order valence-corrected chi connectivity index (χ2v) is 7.35. The van der Waals surface area contributed by atoms with Gasteiger partial charge in [-0.2, -0.15) is 0 Å².